The molecule has 0 atom stereocenters. The first-order valence-corrected chi connectivity index (χ1v) is 4.41. The normalized spacial score (nSPS) is 9.06. The Morgan fingerprint density at radius 1 is 1.28 bits per heavy atom. The minimum Gasteiger partial charge on any atom is -0.516 e. The summed E-state index contributed by atoms with van der Waals surface area (Å²) in [5.74, 6) is -1.83. The Labute approximate surface area is 119 Å². The maximum Gasteiger partial charge on any atom is 0.342 e. The first kappa shape index (κ1) is 21.7. The quantitative estimate of drug-likeness (QED) is 0.228. The van der Waals surface area contributed by atoms with Crippen LogP contribution in [0.5, 0.6) is 0 Å². The van der Waals surface area contributed by atoms with Gasteiger partial charge in [-0.15, -0.1) is 0 Å². The van der Waals surface area contributed by atoms with Crippen LogP contribution in [0.3, 0.4) is 0 Å². The number of carbonyl (C=O) groups excluding carboxylic acids is 1. The van der Waals surface area contributed by atoms with Crippen LogP contribution >= 0.6 is 0 Å². The third-order valence-electron chi connectivity index (χ3n) is 1.17. The predicted molar refractivity (Wildman–Crippen MR) is 62.5 cm³/mol. The van der Waals surface area contributed by atoms with Crippen molar-refractivity contribution in [1.29, 1.82) is 0 Å². The number of hydrogen-bond acceptors (Lipinski definition) is 6. The van der Waals surface area contributed by atoms with Crippen molar-refractivity contribution in [3.05, 3.63) is 49.2 Å². The van der Waals surface area contributed by atoms with E-state index in [0.29, 0.717) is 0 Å². The Kier molecular flexibility index (Phi) is 16.4. The van der Waals surface area contributed by atoms with Crippen molar-refractivity contribution in [3.8, 4) is 0 Å². The smallest absolute Gasteiger partial charge is 0.342 e. The molecule has 0 aromatic heterocycles. The van der Waals surface area contributed by atoms with E-state index in [1.165, 1.54) is 0 Å². The van der Waals surface area contributed by atoms with Gasteiger partial charge in [-0.2, -0.15) is 0 Å². The molecule has 18 heavy (non-hydrogen) atoms. The molecule has 7 heteroatoms. The number of hydrogen-bond donors (Lipinski definition) is 4. The van der Waals surface area contributed by atoms with E-state index in [4.69, 9.17) is 20.4 Å². The molecule has 0 radical (unpaired) electrons. The molecule has 4 N–H and O–H groups in total. The minimum atomic E-state index is -0.887. The molecule has 0 heterocycles. The average Bonchev–Trinajstić information content (AvgIpc) is 2.23. The topological polar surface area (TPSA) is 107 Å². The van der Waals surface area contributed by atoms with Crippen molar-refractivity contribution >= 4 is 5.97 Å². The summed E-state index contributed by atoms with van der Waals surface area (Å²) in [4.78, 5) is 11.1. The Hall–Kier alpha value is -1.52. The zero-order chi connectivity index (χ0) is 13.8. The van der Waals surface area contributed by atoms with Crippen LogP contribution in [0.25, 0.3) is 0 Å². The summed E-state index contributed by atoms with van der Waals surface area (Å²) in [5, 5.41) is 33.4. The third kappa shape index (κ3) is 12.5. The SMILES string of the molecule is C=C(O)/C=C(\C(=C)O)C(=O)OCCO.C=CO.[W]. The zero-order valence-electron chi connectivity index (χ0n) is 9.70. The molecule has 0 fully saturated rings. The van der Waals surface area contributed by atoms with Crippen molar-refractivity contribution < 1.29 is 51.0 Å². The molecule has 0 aromatic rings. The van der Waals surface area contributed by atoms with Crippen molar-refractivity contribution in [2.75, 3.05) is 13.2 Å². The second kappa shape index (κ2) is 13.5. The summed E-state index contributed by atoms with van der Waals surface area (Å²) in [5.41, 5.74) is -0.300. The molecule has 0 aliphatic heterocycles. The number of rotatable bonds is 5. The average molecular weight is 428 g/mol. The molecule has 0 spiro atoms. The van der Waals surface area contributed by atoms with E-state index in [1.807, 2.05) is 0 Å². The van der Waals surface area contributed by atoms with Gasteiger partial charge in [0.1, 0.15) is 23.7 Å². The largest absolute Gasteiger partial charge is 0.516 e. The van der Waals surface area contributed by atoms with Gasteiger partial charge in [0.15, 0.2) is 0 Å². The first-order chi connectivity index (χ1) is 7.90. The van der Waals surface area contributed by atoms with Gasteiger partial charge in [-0.25, -0.2) is 4.79 Å². The Morgan fingerprint density at radius 3 is 2.00 bits per heavy atom. The van der Waals surface area contributed by atoms with Crippen LogP contribution in [0.15, 0.2) is 49.2 Å². The molecule has 0 aliphatic rings. The monoisotopic (exact) mass is 428 g/mol. The van der Waals surface area contributed by atoms with Crippen LogP contribution in [0.1, 0.15) is 0 Å². The van der Waals surface area contributed by atoms with Gasteiger partial charge >= 0.3 is 5.97 Å². The van der Waals surface area contributed by atoms with Crippen molar-refractivity contribution in [3.63, 3.8) is 0 Å². The summed E-state index contributed by atoms with van der Waals surface area (Å²) in [7, 11) is 0. The number of aliphatic hydroxyl groups is 4. The summed E-state index contributed by atoms with van der Waals surface area (Å²) in [6.07, 6.45) is 1.67. The number of aliphatic hydroxyl groups excluding tert-OH is 4. The van der Waals surface area contributed by atoms with Gasteiger partial charge in [0, 0.05) is 21.1 Å². The van der Waals surface area contributed by atoms with E-state index in [1.54, 1.807) is 0 Å². The number of allylic oxidation sites excluding steroid dienone is 1. The molecule has 0 amide bonds. The summed E-state index contributed by atoms with van der Waals surface area (Å²) in [6, 6.07) is 0. The summed E-state index contributed by atoms with van der Waals surface area (Å²) >= 11 is 0. The molecule has 0 saturated heterocycles. The van der Waals surface area contributed by atoms with Crippen LogP contribution in [0, 0.1) is 0 Å². The van der Waals surface area contributed by atoms with Crippen LogP contribution < -0.4 is 0 Å². The Morgan fingerprint density at radius 2 is 1.72 bits per heavy atom. The van der Waals surface area contributed by atoms with E-state index in [0.717, 1.165) is 12.3 Å². The van der Waals surface area contributed by atoms with Crippen LogP contribution in [0.4, 0.5) is 0 Å². The number of esters is 1. The molecule has 0 aromatic carbocycles. The van der Waals surface area contributed by atoms with Crippen LogP contribution in [-0.4, -0.2) is 39.6 Å². The first-order valence-electron chi connectivity index (χ1n) is 4.41. The summed E-state index contributed by atoms with van der Waals surface area (Å²) < 4.78 is 4.49. The predicted octanol–water partition coefficient (Wildman–Crippen LogP) is 1.28. The van der Waals surface area contributed by atoms with Crippen molar-refractivity contribution in [2.45, 2.75) is 0 Å². The summed E-state index contributed by atoms with van der Waals surface area (Å²) in [6.45, 7) is 8.62. The van der Waals surface area contributed by atoms with Crippen molar-refractivity contribution in [2.24, 2.45) is 0 Å². The van der Waals surface area contributed by atoms with E-state index in [9.17, 15) is 4.79 Å². The second-order valence-electron chi connectivity index (χ2n) is 2.54. The molecule has 6 nitrogen and oxygen atoms in total. The van der Waals surface area contributed by atoms with Crippen LogP contribution in [0.2, 0.25) is 0 Å². The molecule has 0 rings (SSSR count). The van der Waals surface area contributed by atoms with E-state index in [-0.39, 0.29) is 39.9 Å². The fourth-order valence-corrected chi connectivity index (χ4v) is 0.643. The van der Waals surface area contributed by atoms with E-state index >= 15 is 0 Å². The standard InChI is InChI=1S/C9H12O5.C2H4O.W/c1-6(11)5-8(7(2)12)9(13)14-4-3-10;1-2-3;/h5,10-12H,1-4H2;2-3H,1H2;/b8-5+;;. The molecule has 0 bridgehead atoms. The maximum absolute atomic E-state index is 11.1. The Bertz CT molecular complexity index is 321. The molecular weight excluding hydrogens is 412 g/mol. The fraction of sp³-hybridized carbons (Fsp3) is 0.182. The minimum absolute atomic E-state index is 0. The molecule has 0 unspecified atom stereocenters. The van der Waals surface area contributed by atoms with E-state index in [2.05, 4.69) is 24.5 Å². The molecule has 0 aliphatic carbocycles. The fourth-order valence-electron chi connectivity index (χ4n) is 0.643. The van der Waals surface area contributed by atoms with Gasteiger partial charge in [-0.05, 0) is 6.08 Å². The van der Waals surface area contributed by atoms with Crippen LogP contribution in [-0.2, 0) is 30.6 Å². The maximum atomic E-state index is 11.1. The van der Waals surface area contributed by atoms with E-state index < -0.39 is 17.5 Å². The van der Waals surface area contributed by atoms with Gasteiger partial charge in [-0.1, -0.05) is 19.7 Å². The van der Waals surface area contributed by atoms with Gasteiger partial charge < -0.3 is 25.2 Å². The van der Waals surface area contributed by atoms with Gasteiger partial charge in [0.2, 0.25) is 0 Å². The zero-order valence-corrected chi connectivity index (χ0v) is 12.6. The number of ether oxygens (including phenoxy) is 1. The molecular formula is C11H16O6W. The molecule has 102 valence electrons. The molecule has 0 saturated carbocycles. The second-order valence-corrected chi connectivity index (χ2v) is 2.54. The van der Waals surface area contributed by atoms with Gasteiger partial charge in [-0.3, -0.25) is 0 Å². The Balaban J connectivity index is -0.000000507. The number of carbonyl (C=O) groups is 1. The third-order valence-corrected chi connectivity index (χ3v) is 1.17. The van der Waals surface area contributed by atoms with Gasteiger partial charge in [0.25, 0.3) is 0 Å². The van der Waals surface area contributed by atoms with Gasteiger partial charge in [0.05, 0.1) is 12.9 Å². The van der Waals surface area contributed by atoms with Crippen molar-refractivity contribution in [1.82, 2.24) is 0 Å².